The van der Waals surface area contributed by atoms with Crippen LogP contribution in [0.5, 0.6) is 0 Å². The molecule has 1 atom stereocenters. The van der Waals surface area contributed by atoms with E-state index >= 15 is 0 Å². The fraction of sp³-hybridized carbons (Fsp3) is 0.533. The molecular weight excluding hydrogens is 288 g/mol. The second kappa shape index (κ2) is 6.47. The molecule has 0 heterocycles. The van der Waals surface area contributed by atoms with Crippen molar-refractivity contribution < 1.29 is 13.2 Å². The van der Waals surface area contributed by atoms with Crippen molar-refractivity contribution in [3.05, 3.63) is 24.3 Å². The molecule has 1 unspecified atom stereocenters. The van der Waals surface area contributed by atoms with Crippen molar-refractivity contribution in [1.82, 2.24) is 0 Å². The van der Waals surface area contributed by atoms with Crippen molar-refractivity contribution in [2.24, 2.45) is 5.92 Å². The Morgan fingerprint density at radius 1 is 1.33 bits per heavy atom. The van der Waals surface area contributed by atoms with Gasteiger partial charge in [0.25, 0.3) is 0 Å². The van der Waals surface area contributed by atoms with Crippen molar-refractivity contribution >= 4 is 27.1 Å². The van der Waals surface area contributed by atoms with Gasteiger partial charge in [-0.2, -0.15) is 0 Å². The molecule has 0 radical (unpaired) electrons. The van der Waals surface area contributed by atoms with Crippen LogP contribution >= 0.6 is 0 Å². The SMILES string of the molecule is CC(C(=O)Nc1ccccc1N)S(=O)(=O)CC1CCCC1. The number of amides is 1. The Hall–Kier alpha value is -1.56. The first kappa shape index (κ1) is 15.8. The smallest absolute Gasteiger partial charge is 0.242 e. The first-order valence-corrected chi connectivity index (χ1v) is 8.98. The van der Waals surface area contributed by atoms with E-state index in [1.165, 1.54) is 6.92 Å². The molecule has 1 saturated carbocycles. The number of carbonyl (C=O) groups is 1. The largest absolute Gasteiger partial charge is 0.397 e. The van der Waals surface area contributed by atoms with Gasteiger partial charge in [-0.15, -0.1) is 0 Å². The molecule has 1 aromatic rings. The summed E-state index contributed by atoms with van der Waals surface area (Å²) in [6, 6.07) is 6.81. The quantitative estimate of drug-likeness (QED) is 0.816. The number of sulfone groups is 1. The number of rotatable bonds is 5. The van der Waals surface area contributed by atoms with Crippen LogP contribution in [0.1, 0.15) is 32.6 Å². The molecule has 3 N–H and O–H groups in total. The van der Waals surface area contributed by atoms with Gasteiger partial charge in [-0.3, -0.25) is 4.79 Å². The first-order chi connectivity index (χ1) is 9.90. The minimum absolute atomic E-state index is 0.103. The molecule has 0 aromatic heterocycles. The summed E-state index contributed by atoms with van der Waals surface area (Å²) < 4.78 is 24.6. The van der Waals surface area contributed by atoms with Gasteiger partial charge in [-0.05, 0) is 37.8 Å². The Kier molecular flexibility index (Phi) is 4.88. The van der Waals surface area contributed by atoms with Gasteiger partial charge in [-0.25, -0.2) is 8.42 Å². The number of hydrogen-bond acceptors (Lipinski definition) is 4. The molecular formula is C15H22N2O3S. The van der Waals surface area contributed by atoms with Crippen LogP contribution in [0.4, 0.5) is 11.4 Å². The Morgan fingerprint density at radius 2 is 1.95 bits per heavy atom. The number of para-hydroxylation sites is 2. The van der Waals surface area contributed by atoms with Gasteiger partial charge in [0, 0.05) is 0 Å². The number of nitrogens with one attached hydrogen (secondary N) is 1. The van der Waals surface area contributed by atoms with Crippen LogP contribution in [0.3, 0.4) is 0 Å². The van der Waals surface area contributed by atoms with Crippen LogP contribution in [-0.4, -0.2) is 25.3 Å². The van der Waals surface area contributed by atoms with E-state index in [1.807, 2.05) is 0 Å². The number of benzene rings is 1. The summed E-state index contributed by atoms with van der Waals surface area (Å²) in [5, 5.41) is 1.54. The monoisotopic (exact) mass is 310 g/mol. The van der Waals surface area contributed by atoms with Gasteiger partial charge >= 0.3 is 0 Å². The zero-order valence-electron chi connectivity index (χ0n) is 12.2. The standard InChI is InChI=1S/C15H22N2O3S/c1-11(21(19,20)10-12-6-2-3-7-12)15(18)17-14-9-5-4-8-13(14)16/h4-5,8-9,11-12H,2-3,6-7,10,16H2,1H3,(H,17,18). The lowest BCUT2D eigenvalue weighted by Crippen LogP contribution is -2.35. The summed E-state index contributed by atoms with van der Waals surface area (Å²) >= 11 is 0. The maximum absolute atomic E-state index is 12.3. The molecule has 2 rings (SSSR count). The Morgan fingerprint density at radius 3 is 2.57 bits per heavy atom. The third kappa shape index (κ3) is 3.97. The van der Waals surface area contributed by atoms with E-state index in [0.29, 0.717) is 11.4 Å². The van der Waals surface area contributed by atoms with Gasteiger partial charge in [0.15, 0.2) is 9.84 Å². The predicted molar refractivity (Wildman–Crippen MR) is 84.7 cm³/mol. The highest BCUT2D eigenvalue weighted by Gasteiger charge is 2.31. The number of nitrogen functional groups attached to an aromatic ring is 1. The van der Waals surface area contributed by atoms with E-state index in [1.54, 1.807) is 24.3 Å². The lowest BCUT2D eigenvalue weighted by molar-refractivity contribution is -0.115. The molecule has 1 aromatic carbocycles. The van der Waals surface area contributed by atoms with Crippen molar-refractivity contribution in [1.29, 1.82) is 0 Å². The molecule has 21 heavy (non-hydrogen) atoms. The van der Waals surface area contributed by atoms with Gasteiger partial charge in [-0.1, -0.05) is 25.0 Å². The maximum atomic E-state index is 12.3. The fourth-order valence-electron chi connectivity index (χ4n) is 2.66. The maximum Gasteiger partial charge on any atom is 0.242 e. The molecule has 1 fully saturated rings. The first-order valence-electron chi connectivity index (χ1n) is 7.27. The normalized spacial score (nSPS) is 17.6. The third-order valence-corrected chi connectivity index (χ3v) is 6.30. The van der Waals surface area contributed by atoms with Crippen LogP contribution in [0, 0.1) is 5.92 Å². The van der Waals surface area contributed by atoms with Crippen LogP contribution in [0.25, 0.3) is 0 Å². The minimum Gasteiger partial charge on any atom is -0.397 e. The predicted octanol–water partition coefficient (Wildman–Crippen LogP) is 2.20. The highest BCUT2D eigenvalue weighted by atomic mass is 32.2. The molecule has 0 saturated heterocycles. The second-order valence-corrected chi connectivity index (χ2v) is 8.06. The summed E-state index contributed by atoms with van der Waals surface area (Å²) in [4.78, 5) is 12.1. The summed E-state index contributed by atoms with van der Waals surface area (Å²) in [5.74, 6) is -0.218. The third-order valence-electron chi connectivity index (χ3n) is 4.07. The summed E-state index contributed by atoms with van der Waals surface area (Å²) in [7, 11) is -3.43. The lowest BCUT2D eigenvalue weighted by Gasteiger charge is -2.16. The van der Waals surface area contributed by atoms with Crippen LogP contribution in [0.2, 0.25) is 0 Å². The fourth-order valence-corrected chi connectivity index (χ4v) is 4.32. The van der Waals surface area contributed by atoms with E-state index in [-0.39, 0.29) is 11.7 Å². The summed E-state index contributed by atoms with van der Waals surface area (Å²) in [5.41, 5.74) is 6.62. The summed E-state index contributed by atoms with van der Waals surface area (Å²) in [6.07, 6.45) is 4.06. The van der Waals surface area contributed by atoms with E-state index in [0.717, 1.165) is 25.7 Å². The molecule has 1 aliphatic carbocycles. The second-order valence-electron chi connectivity index (χ2n) is 5.70. The number of hydrogen-bond donors (Lipinski definition) is 2. The zero-order valence-corrected chi connectivity index (χ0v) is 13.0. The van der Waals surface area contributed by atoms with Crippen molar-refractivity contribution in [3.8, 4) is 0 Å². The van der Waals surface area contributed by atoms with Gasteiger partial charge in [0.1, 0.15) is 5.25 Å². The molecule has 0 spiro atoms. The number of anilines is 2. The molecule has 116 valence electrons. The lowest BCUT2D eigenvalue weighted by atomic mass is 10.1. The van der Waals surface area contributed by atoms with Crippen molar-refractivity contribution in [2.45, 2.75) is 37.9 Å². The molecule has 1 aliphatic rings. The topological polar surface area (TPSA) is 89.3 Å². The highest BCUT2D eigenvalue weighted by molar-refractivity contribution is 7.92. The van der Waals surface area contributed by atoms with Crippen LogP contribution < -0.4 is 11.1 Å². The van der Waals surface area contributed by atoms with E-state index in [2.05, 4.69) is 5.32 Å². The van der Waals surface area contributed by atoms with Gasteiger partial charge in [0.05, 0.1) is 17.1 Å². The molecule has 1 amide bonds. The average Bonchev–Trinajstić information content (AvgIpc) is 2.92. The van der Waals surface area contributed by atoms with Crippen molar-refractivity contribution in [2.75, 3.05) is 16.8 Å². The highest BCUT2D eigenvalue weighted by Crippen LogP contribution is 2.27. The number of nitrogens with two attached hydrogens (primary N) is 1. The summed E-state index contributed by atoms with van der Waals surface area (Å²) in [6.45, 7) is 1.44. The van der Waals surface area contributed by atoms with Crippen LogP contribution in [0.15, 0.2) is 24.3 Å². The molecule has 6 heteroatoms. The molecule has 0 bridgehead atoms. The van der Waals surface area contributed by atoms with Crippen LogP contribution in [-0.2, 0) is 14.6 Å². The van der Waals surface area contributed by atoms with E-state index in [4.69, 9.17) is 5.73 Å². The zero-order chi connectivity index (χ0) is 15.5. The van der Waals surface area contributed by atoms with Crippen molar-refractivity contribution in [3.63, 3.8) is 0 Å². The molecule has 5 nitrogen and oxygen atoms in total. The van der Waals surface area contributed by atoms with Gasteiger partial charge in [0.2, 0.25) is 5.91 Å². The van der Waals surface area contributed by atoms with Gasteiger partial charge < -0.3 is 11.1 Å². The Balaban J connectivity index is 2.02. The Labute approximate surface area is 125 Å². The molecule has 0 aliphatic heterocycles. The average molecular weight is 310 g/mol. The number of carbonyl (C=O) groups excluding carboxylic acids is 1. The Bertz CT molecular complexity index is 607. The minimum atomic E-state index is -3.43. The van der Waals surface area contributed by atoms with E-state index in [9.17, 15) is 13.2 Å². The van der Waals surface area contributed by atoms with E-state index < -0.39 is 21.0 Å².